The number of hydrogen-bond donors (Lipinski definition) is 1. The second kappa shape index (κ2) is 13.6. The molecule has 2 aliphatic carbocycles. The van der Waals surface area contributed by atoms with Gasteiger partial charge in [-0.3, -0.25) is 0 Å². The van der Waals surface area contributed by atoms with E-state index < -0.39 is 0 Å². The summed E-state index contributed by atoms with van der Waals surface area (Å²) in [5.41, 5.74) is 0. The molecule has 0 amide bonds. The number of hydrogen-bond acceptors (Lipinski definition) is 1. The fourth-order valence-electron chi connectivity index (χ4n) is 2.44. The van der Waals surface area contributed by atoms with Gasteiger partial charge in [0.2, 0.25) is 0 Å². The van der Waals surface area contributed by atoms with Crippen molar-refractivity contribution in [2.24, 2.45) is 17.8 Å². The maximum Gasteiger partial charge on any atom is 0.0431 e. The molecule has 0 aromatic rings. The van der Waals surface area contributed by atoms with Crippen LogP contribution in [0, 0.1) is 17.8 Å². The quantitative estimate of drug-likeness (QED) is 0.384. The maximum absolute atomic E-state index is 8.93. The van der Waals surface area contributed by atoms with Crippen LogP contribution >= 0.6 is 0 Å². The van der Waals surface area contributed by atoms with Gasteiger partial charge in [0.15, 0.2) is 0 Å². The Kier molecular flexibility index (Phi) is 17.7. The van der Waals surface area contributed by atoms with Gasteiger partial charge in [-0.25, -0.2) is 0 Å². The molecule has 5 heteroatoms. The third-order valence-electron chi connectivity index (χ3n) is 3.24. The Hall–Kier alpha value is 0.660. The normalized spacial score (nSPS) is 15.9. The first-order valence-electron chi connectivity index (χ1n) is 5.72. The van der Waals surface area contributed by atoms with Crippen LogP contribution in [0.5, 0.6) is 0 Å². The van der Waals surface area contributed by atoms with Crippen molar-refractivity contribution >= 4 is 0 Å². The summed E-state index contributed by atoms with van der Waals surface area (Å²) >= 11 is 0. The van der Waals surface area contributed by atoms with E-state index in [2.05, 4.69) is 48.6 Å². The van der Waals surface area contributed by atoms with Crippen molar-refractivity contribution in [2.45, 2.75) is 12.8 Å². The Bertz CT molecular complexity index is 275. The molecule has 1 nitrogen and oxygen atoms in total. The van der Waals surface area contributed by atoms with E-state index >= 15 is 0 Å². The Morgan fingerprint density at radius 3 is 1.47 bits per heavy atom. The van der Waals surface area contributed by atoms with Gasteiger partial charge < -0.3 is 42.3 Å². The van der Waals surface area contributed by atoms with E-state index in [1.54, 1.807) is 0 Å². The first-order valence-corrected chi connectivity index (χ1v) is 5.72. The van der Waals surface area contributed by atoms with Gasteiger partial charge in [-0.1, -0.05) is 48.6 Å². The predicted molar refractivity (Wildman–Crippen MR) is 63.3 cm³/mol. The summed E-state index contributed by atoms with van der Waals surface area (Å²) in [6.07, 6.45) is 19.6. The molecule has 0 heterocycles. The van der Waals surface area contributed by atoms with Gasteiger partial charge in [-0.15, -0.1) is 0 Å². The Morgan fingerprint density at radius 1 is 0.789 bits per heavy atom. The van der Waals surface area contributed by atoms with Crippen LogP contribution in [0.15, 0.2) is 48.6 Å². The van der Waals surface area contributed by atoms with E-state index in [0.717, 1.165) is 12.8 Å². The van der Waals surface area contributed by atoms with Crippen LogP contribution in [-0.2, 0) is 25.8 Å². The summed E-state index contributed by atoms with van der Waals surface area (Å²) < 4.78 is 0. The van der Waals surface area contributed by atoms with Gasteiger partial charge in [0.05, 0.1) is 0 Å². The van der Waals surface area contributed by atoms with Crippen LogP contribution in [-0.4, -0.2) is 11.7 Å². The standard InChI is InChI=1S/C14H18O.3ClH.Hf/c15-11-5-10-14(12-6-1-2-7-12)13-8-3-4-9-13;;;;/h1-4,6-9,12-15H,5,10-11H2;3*1H;/p-3. The summed E-state index contributed by atoms with van der Waals surface area (Å²) in [4.78, 5) is 0. The fraction of sp³-hybridized carbons (Fsp3) is 0.429. The molecular formula is C14H18Cl3HfO-3. The number of aliphatic hydroxyl groups excluding tert-OH is 1. The van der Waals surface area contributed by atoms with Crippen molar-refractivity contribution < 1.29 is 68.2 Å². The van der Waals surface area contributed by atoms with Gasteiger partial charge >= 0.3 is 0 Å². The largest absolute Gasteiger partial charge is 1.00 e. The zero-order valence-corrected chi connectivity index (χ0v) is 16.4. The molecule has 2 rings (SSSR count). The van der Waals surface area contributed by atoms with Crippen LogP contribution in [0.1, 0.15) is 12.8 Å². The van der Waals surface area contributed by atoms with Crippen LogP contribution < -0.4 is 37.2 Å². The molecule has 0 fully saturated rings. The summed E-state index contributed by atoms with van der Waals surface area (Å²) in [6, 6.07) is 0. The molecule has 0 aromatic heterocycles. The van der Waals surface area contributed by atoms with E-state index in [0.29, 0.717) is 24.4 Å². The number of halogens is 3. The van der Waals surface area contributed by atoms with Crippen molar-refractivity contribution in [2.75, 3.05) is 6.61 Å². The van der Waals surface area contributed by atoms with Crippen molar-refractivity contribution in [3.63, 3.8) is 0 Å². The number of allylic oxidation sites excluding steroid dienone is 8. The van der Waals surface area contributed by atoms with E-state index in [1.807, 2.05) is 0 Å². The van der Waals surface area contributed by atoms with Gasteiger partial charge in [-0.05, 0) is 30.6 Å². The molecule has 0 bridgehead atoms. The molecule has 0 aliphatic heterocycles. The maximum atomic E-state index is 8.93. The Balaban J connectivity index is -0.000000640. The van der Waals surface area contributed by atoms with Crippen molar-refractivity contribution in [3.05, 3.63) is 48.6 Å². The summed E-state index contributed by atoms with van der Waals surface area (Å²) in [7, 11) is 0. The zero-order chi connectivity index (χ0) is 10.5. The SMILES string of the molecule is OCCCC(C1C=CC=C1)C1C=CC=C1.[Cl-].[Cl-].[Cl-].[Hf]. The molecule has 0 saturated heterocycles. The molecule has 108 valence electrons. The zero-order valence-electron chi connectivity index (χ0n) is 10.6. The van der Waals surface area contributed by atoms with Crippen LogP contribution in [0.25, 0.3) is 0 Å². The third-order valence-corrected chi connectivity index (χ3v) is 3.24. The van der Waals surface area contributed by atoms with Crippen molar-refractivity contribution in [3.8, 4) is 0 Å². The molecule has 0 unspecified atom stereocenters. The van der Waals surface area contributed by atoms with Crippen molar-refractivity contribution in [1.29, 1.82) is 0 Å². The first-order chi connectivity index (χ1) is 7.42. The average Bonchev–Trinajstić information content (AvgIpc) is 2.90. The molecule has 0 atom stereocenters. The van der Waals surface area contributed by atoms with E-state index in [1.165, 1.54) is 0 Å². The number of rotatable bonds is 5. The molecule has 0 radical (unpaired) electrons. The molecule has 1 N–H and O–H groups in total. The summed E-state index contributed by atoms with van der Waals surface area (Å²) in [5, 5.41) is 8.93. The topological polar surface area (TPSA) is 20.2 Å². The van der Waals surface area contributed by atoms with E-state index in [-0.39, 0.29) is 63.1 Å². The second-order valence-electron chi connectivity index (χ2n) is 4.22. The second-order valence-corrected chi connectivity index (χ2v) is 4.22. The van der Waals surface area contributed by atoms with Crippen LogP contribution in [0.4, 0.5) is 0 Å². The molecular weight excluding hydrogens is 469 g/mol. The molecule has 19 heavy (non-hydrogen) atoms. The van der Waals surface area contributed by atoms with Crippen LogP contribution in [0.3, 0.4) is 0 Å². The fourth-order valence-corrected chi connectivity index (χ4v) is 2.44. The van der Waals surface area contributed by atoms with Gasteiger partial charge in [0.1, 0.15) is 0 Å². The first kappa shape index (κ1) is 24.7. The monoisotopic (exact) mass is 487 g/mol. The van der Waals surface area contributed by atoms with Gasteiger partial charge in [0, 0.05) is 32.5 Å². The van der Waals surface area contributed by atoms with E-state index in [4.69, 9.17) is 5.11 Å². The molecule has 0 aromatic carbocycles. The molecule has 0 spiro atoms. The molecule has 2 aliphatic rings. The Labute approximate surface area is 153 Å². The minimum atomic E-state index is 0. The summed E-state index contributed by atoms with van der Waals surface area (Å²) in [6.45, 7) is 0.302. The predicted octanol–water partition coefficient (Wildman–Crippen LogP) is -6.13. The minimum Gasteiger partial charge on any atom is -1.00 e. The molecule has 0 saturated carbocycles. The Morgan fingerprint density at radius 2 is 1.16 bits per heavy atom. The third kappa shape index (κ3) is 7.29. The van der Waals surface area contributed by atoms with Crippen molar-refractivity contribution in [1.82, 2.24) is 0 Å². The minimum absolute atomic E-state index is 0. The van der Waals surface area contributed by atoms with E-state index in [9.17, 15) is 0 Å². The van der Waals surface area contributed by atoms with Gasteiger partial charge in [-0.2, -0.15) is 0 Å². The number of aliphatic hydroxyl groups is 1. The average molecular weight is 487 g/mol. The van der Waals surface area contributed by atoms with Crippen LogP contribution in [0.2, 0.25) is 0 Å². The summed E-state index contributed by atoms with van der Waals surface area (Å²) in [5.74, 6) is 1.71. The smallest absolute Gasteiger partial charge is 0.0431 e. The van der Waals surface area contributed by atoms with Gasteiger partial charge in [0.25, 0.3) is 0 Å².